The van der Waals surface area contributed by atoms with Crippen molar-refractivity contribution in [3.8, 4) is 5.75 Å². The molecule has 4 nitrogen and oxygen atoms in total. The zero-order chi connectivity index (χ0) is 13.2. The molecule has 96 valence electrons. The Morgan fingerprint density at radius 1 is 1.18 bits per heavy atom. The third kappa shape index (κ3) is 3.32. The number of alkyl halides is 3. The summed E-state index contributed by atoms with van der Waals surface area (Å²) in [5.74, 6) is -0.641. The van der Waals surface area contributed by atoms with Crippen molar-refractivity contribution in [1.82, 2.24) is 0 Å². The highest BCUT2D eigenvalue weighted by Gasteiger charge is 2.32. The smallest absolute Gasteiger partial charge is 0.416 e. The first-order valence-electron chi connectivity index (χ1n) is 4.73. The van der Waals surface area contributed by atoms with E-state index < -0.39 is 29.7 Å². The molecule has 2 atom stereocenters. The van der Waals surface area contributed by atoms with E-state index in [0.29, 0.717) is 12.1 Å². The molecule has 0 fully saturated rings. The van der Waals surface area contributed by atoms with Crippen LogP contribution in [0.1, 0.15) is 17.2 Å². The van der Waals surface area contributed by atoms with Crippen LogP contribution in [-0.2, 0) is 6.18 Å². The minimum absolute atomic E-state index is 0.240. The van der Waals surface area contributed by atoms with E-state index in [-0.39, 0.29) is 12.1 Å². The van der Waals surface area contributed by atoms with E-state index in [2.05, 4.69) is 0 Å². The summed E-state index contributed by atoms with van der Waals surface area (Å²) in [5.41, 5.74) is 3.74. The number of phenols is 1. The summed E-state index contributed by atoms with van der Waals surface area (Å²) in [6.07, 6.45) is -7.60. The van der Waals surface area contributed by atoms with Gasteiger partial charge in [0.05, 0.1) is 11.7 Å². The Morgan fingerprint density at radius 2 is 1.76 bits per heavy atom. The number of nitrogens with two attached hydrogens (primary N) is 1. The second-order valence-electron chi connectivity index (χ2n) is 3.56. The van der Waals surface area contributed by atoms with E-state index >= 15 is 0 Å². The van der Waals surface area contributed by atoms with Crippen molar-refractivity contribution in [2.24, 2.45) is 5.73 Å². The van der Waals surface area contributed by atoms with E-state index in [1.54, 1.807) is 0 Å². The number of hydrogen-bond donors (Lipinski definition) is 4. The van der Waals surface area contributed by atoms with Crippen LogP contribution in [-0.4, -0.2) is 28.0 Å². The molecular weight excluding hydrogens is 239 g/mol. The van der Waals surface area contributed by atoms with Crippen molar-refractivity contribution in [2.45, 2.75) is 18.4 Å². The first-order chi connectivity index (χ1) is 7.75. The number of rotatable bonds is 3. The molecule has 1 aromatic rings. The minimum atomic E-state index is -4.64. The van der Waals surface area contributed by atoms with Crippen LogP contribution in [0, 0.1) is 0 Å². The summed E-state index contributed by atoms with van der Waals surface area (Å²) in [4.78, 5) is 0. The number of halogens is 3. The fourth-order valence-electron chi connectivity index (χ4n) is 1.32. The fraction of sp³-hybridized carbons (Fsp3) is 0.400. The molecule has 1 aromatic carbocycles. The molecule has 5 N–H and O–H groups in total. The number of aliphatic hydroxyl groups excluding tert-OH is 2. The van der Waals surface area contributed by atoms with Crippen molar-refractivity contribution in [3.63, 3.8) is 0 Å². The lowest BCUT2D eigenvalue weighted by molar-refractivity contribution is -0.137. The van der Waals surface area contributed by atoms with Crippen molar-refractivity contribution < 1.29 is 28.5 Å². The molecule has 0 aliphatic rings. The summed E-state index contributed by atoms with van der Waals surface area (Å²) < 4.78 is 37.2. The molecule has 2 unspecified atom stereocenters. The van der Waals surface area contributed by atoms with Gasteiger partial charge in [0.1, 0.15) is 11.9 Å². The zero-order valence-corrected chi connectivity index (χ0v) is 8.65. The van der Waals surface area contributed by atoms with Gasteiger partial charge < -0.3 is 21.1 Å². The maximum Gasteiger partial charge on any atom is 0.416 e. The Morgan fingerprint density at radius 3 is 2.24 bits per heavy atom. The van der Waals surface area contributed by atoms with E-state index in [1.807, 2.05) is 0 Å². The Kier molecular flexibility index (Phi) is 3.97. The van der Waals surface area contributed by atoms with E-state index in [1.165, 1.54) is 0 Å². The van der Waals surface area contributed by atoms with E-state index in [4.69, 9.17) is 10.8 Å². The van der Waals surface area contributed by atoms with Crippen molar-refractivity contribution >= 4 is 0 Å². The monoisotopic (exact) mass is 251 g/mol. The highest BCUT2D eigenvalue weighted by Crippen LogP contribution is 2.34. The maximum atomic E-state index is 12.4. The Labute approximate surface area is 95.1 Å². The Hall–Kier alpha value is -1.31. The van der Waals surface area contributed by atoms with Gasteiger partial charge in [0, 0.05) is 6.54 Å². The molecular formula is C10H12F3NO3. The predicted octanol–water partition coefficient (Wildman–Crippen LogP) is 0.764. The first kappa shape index (κ1) is 13.8. The van der Waals surface area contributed by atoms with Crippen LogP contribution in [0.4, 0.5) is 13.2 Å². The van der Waals surface area contributed by atoms with Gasteiger partial charge in [-0.05, 0) is 23.8 Å². The molecule has 1 rings (SSSR count). The SMILES string of the molecule is NCC(O)C(O)c1cc(O)cc(C(F)(F)F)c1. The lowest BCUT2D eigenvalue weighted by Crippen LogP contribution is -2.27. The van der Waals surface area contributed by atoms with Crippen molar-refractivity contribution in [1.29, 1.82) is 0 Å². The second-order valence-corrected chi connectivity index (χ2v) is 3.56. The van der Waals surface area contributed by atoms with Gasteiger partial charge in [-0.1, -0.05) is 0 Å². The van der Waals surface area contributed by atoms with Gasteiger partial charge in [-0.3, -0.25) is 0 Å². The molecule has 0 spiro atoms. The molecule has 0 saturated carbocycles. The predicted molar refractivity (Wildman–Crippen MR) is 53.1 cm³/mol. The fourth-order valence-corrected chi connectivity index (χ4v) is 1.32. The number of benzene rings is 1. The van der Waals surface area contributed by atoms with Crippen molar-refractivity contribution in [2.75, 3.05) is 6.54 Å². The van der Waals surface area contributed by atoms with Crippen LogP contribution in [0.5, 0.6) is 5.75 Å². The summed E-state index contributed by atoms with van der Waals surface area (Å²) in [6.45, 7) is -0.307. The lowest BCUT2D eigenvalue weighted by atomic mass is 10.0. The average molecular weight is 251 g/mol. The van der Waals surface area contributed by atoms with Crippen LogP contribution in [0.15, 0.2) is 18.2 Å². The summed E-state index contributed by atoms with van der Waals surface area (Å²) in [5, 5.41) is 27.9. The molecule has 0 bridgehead atoms. The third-order valence-corrected chi connectivity index (χ3v) is 2.21. The van der Waals surface area contributed by atoms with Crippen LogP contribution < -0.4 is 5.73 Å². The quantitative estimate of drug-likeness (QED) is 0.639. The number of aromatic hydroxyl groups is 1. The molecule has 17 heavy (non-hydrogen) atoms. The van der Waals surface area contributed by atoms with Crippen molar-refractivity contribution in [3.05, 3.63) is 29.3 Å². The second kappa shape index (κ2) is 4.91. The van der Waals surface area contributed by atoms with Gasteiger partial charge in [0.15, 0.2) is 0 Å². The topological polar surface area (TPSA) is 86.7 Å². The van der Waals surface area contributed by atoms with Crippen LogP contribution in [0.2, 0.25) is 0 Å². The molecule has 0 amide bonds. The lowest BCUT2D eigenvalue weighted by Gasteiger charge is -2.18. The highest BCUT2D eigenvalue weighted by atomic mass is 19.4. The van der Waals surface area contributed by atoms with Gasteiger partial charge >= 0.3 is 6.18 Å². The van der Waals surface area contributed by atoms with Crippen LogP contribution in [0.3, 0.4) is 0 Å². The first-order valence-corrected chi connectivity index (χ1v) is 4.73. The van der Waals surface area contributed by atoms with Crippen LogP contribution in [0.25, 0.3) is 0 Å². The third-order valence-electron chi connectivity index (χ3n) is 2.21. The molecule has 0 saturated heterocycles. The Bertz CT molecular complexity index is 395. The average Bonchev–Trinajstić information content (AvgIpc) is 2.25. The van der Waals surface area contributed by atoms with Gasteiger partial charge in [0.2, 0.25) is 0 Å². The van der Waals surface area contributed by atoms with Gasteiger partial charge in [0.25, 0.3) is 0 Å². The summed E-state index contributed by atoms with van der Waals surface area (Å²) in [7, 11) is 0. The summed E-state index contributed by atoms with van der Waals surface area (Å²) >= 11 is 0. The van der Waals surface area contributed by atoms with E-state index in [0.717, 1.165) is 6.07 Å². The van der Waals surface area contributed by atoms with Gasteiger partial charge in [-0.2, -0.15) is 13.2 Å². The standard InChI is InChI=1S/C10H12F3NO3/c11-10(12,13)6-1-5(2-7(15)3-6)9(17)8(16)4-14/h1-3,8-9,15-17H,4,14H2. The maximum absolute atomic E-state index is 12.4. The molecule has 7 heteroatoms. The normalized spacial score (nSPS) is 15.6. The largest absolute Gasteiger partial charge is 0.508 e. The van der Waals surface area contributed by atoms with Gasteiger partial charge in [-0.15, -0.1) is 0 Å². The molecule has 0 heterocycles. The molecule has 0 aliphatic carbocycles. The minimum Gasteiger partial charge on any atom is -0.508 e. The van der Waals surface area contributed by atoms with Gasteiger partial charge in [-0.25, -0.2) is 0 Å². The molecule has 0 aliphatic heterocycles. The zero-order valence-electron chi connectivity index (χ0n) is 8.65. The van der Waals surface area contributed by atoms with E-state index in [9.17, 15) is 23.4 Å². The molecule has 0 aromatic heterocycles. The summed E-state index contributed by atoms with van der Waals surface area (Å²) in [6, 6.07) is 2.13. The molecule has 0 radical (unpaired) electrons. The number of hydrogen-bond acceptors (Lipinski definition) is 4. The number of phenolic OH excluding ortho intramolecular Hbond substituents is 1. The van der Waals surface area contributed by atoms with Crippen LogP contribution >= 0.6 is 0 Å². The highest BCUT2D eigenvalue weighted by molar-refractivity contribution is 5.36. The Balaban J connectivity index is 3.14. The number of aliphatic hydroxyl groups is 2.